The molecule has 1 aliphatic heterocycles. The maximum atomic E-state index is 13.0. The van der Waals surface area contributed by atoms with E-state index in [2.05, 4.69) is 10.3 Å². The van der Waals surface area contributed by atoms with Crippen molar-refractivity contribution in [3.05, 3.63) is 70.4 Å². The van der Waals surface area contributed by atoms with E-state index in [1.54, 1.807) is 4.90 Å². The van der Waals surface area contributed by atoms with Crippen LogP contribution < -0.4 is 0 Å². The van der Waals surface area contributed by atoms with Gasteiger partial charge in [0.05, 0.1) is 24.5 Å². The Balaban J connectivity index is 1.36. The molecule has 144 valence electrons. The molecule has 0 saturated heterocycles. The van der Waals surface area contributed by atoms with Gasteiger partial charge in [0.25, 0.3) is 5.91 Å². The Bertz CT molecular complexity index is 1010. The summed E-state index contributed by atoms with van der Waals surface area (Å²) in [5.74, 6) is 0.787. The molecule has 7 nitrogen and oxygen atoms in total. The van der Waals surface area contributed by atoms with Crippen LogP contribution in [0.15, 0.2) is 40.9 Å². The molecule has 3 aromatic rings. The van der Waals surface area contributed by atoms with Crippen LogP contribution in [0.2, 0.25) is 0 Å². The van der Waals surface area contributed by atoms with Gasteiger partial charge in [0.2, 0.25) is 0 Å². The fourth-order valence-corrected chi connectivity index (χ4v) is 4.10. The molecule has 0 bridgehead atoms. The first-order valence-electron chi connectivity index (χ1n) is 9.77. The number of carbonyl (C=O) groups excluding carboxylic acids is 1. The number of aryl methyl sites for hydroxylation is 1. The summed E-state index contributed by atoms with van der Waals surface area (Å²) < 4.78 is 7.28. The van der Waals surface area contributed by atoms with E-state index in [9.17, 15) is 9.90 Å². The zero-order valence-electron chi connectivity index (χ0n) is 15.5. The lowest BCUT2D eigenvalue weighted by molar-refractivity contribution is 0.0694. The number of amides is 1. The van der Waals surface area contributed by atoms with Gasteiger partial charge < -0.3 is 14.5 Å². The summed E-state index contributed by atoms with van der Waals surface area (Å²) in [6, 6.07) is 11.4. The van der Waals surface area contributed by atoms with Crippen molar-refractivity contribution in [2.24, 2.45) is 0 Å². The van der Waals surface area contributed by atoms with Gasteiger partial charge in [-0.1, -0.05) is 35.5 Å². The van der Waals surface area contributed by atoms with Crippen LogP contribution in [0, 0.1) is 0 Å². The average Bonchev–Trinajstić information content (AvgIpc) is 3.37. The summed E-state index contributed by atoms with van der Waals surface area (Å²) in [4.78, 5) is 14.8. The second kappa shape index (κ2) is 6.91. The molecular formula is C21H22N4O3. The smallest absolute Gasteiger partial charge is 0.276 e. The van der Waals surface area contributed by atoms with Gasteiger partial charge in [0.1, 0.15) is 11.9 Å². The van der Waals surface area contributed by atoms with Crippen LogP contribution in [-0.4, -0.2) is 37.4 Å². The Morgan fingerprint density at radius 1 is 1.14 bits per heavy atom. The molecule has 1 aliphatic carbocycles. The van der Waals surface area contributed by atoms with Gasteiger partial charge >= 0.3 is 0 Å². The number of carbonyl (C=O) groups is 1. The number of aliphatic hydroxyl groups excluding tert-OH is 1. The molecule has 2 aliphatic rings. The Labute approximate surface area is 162 Å². The van der Waals surface area contributed by atoms with Gasteiger partial charge in [0.15, 0.2) is 5.69 Å². The molecule has 0 saturated carbocycles. The summed E-state index contributed by atoms with van der Waals surface area (Å²) in [5, 5.41) is 19.2. The Morgan fingerprint density at radius 2 is 1.96 bits per heavy atom. The summed E-state index contributed by atoms with van der Waals surface area (Å²) in [6.45, 7) is 1.62. The molecule has 2 aromatic heterocycles. The van der Waals surface area contributed by atoms with Gasteiger partial charge in [0, 0.05) is 18.5 Å². The molecule has 5 rings (SSSR count). The number of fused-ring (bicyclic) bond motifs is 2. The van der Waals surface area contributed by atoms with E-state index in [-0.39, 0.29) is 5.91 Å². The third-order valence-electron chi connectivity index (χ3n) is 5.65. The molecule has 1 aromatic carbocycles. The number of aromatic nitrogens is 3. The first-order chi connectivity index (χ1) is 13.7. The molecule has 7 heteroatoms. The van der Waals surface area contributed by atoms with Crippen molar-refractivity contribution in [1.29, 1.82) is 0 Å². The molecule has 0 radical (unpaired) electrons. The van der Waals surface area contributed by atoms with Crippen molar-refractivity contribution in [3.63, 3.8) is 0 Å². The largest absolute Gasteiger partial charge is 0.382 e. The first kappa shape index (κ1) is 17.2. The molecule has 0 spiro atoms. The maximum absolute atomic E-state index is 13.0. The monoisotopic (exact) mass is 378 g/mol. The second-order valence-corrected chi connectivity index (χ2v) is 7.46. The molecule has 1 amide bonds. The third kappa shape index (κ3) is 2.92. The zero-order valence-corrected chi connectivity index (χ0v) is 15.5. The van der Waals surface area contributed by atoms with Crippen LogP contribution in [0.1, 0.15) is 57.7 Å². The zero-order chi connectivity index (χ0) is 19.1. The minimum atomic E-state index is -0.772. The van der Waals surface area contributed by atoms with Crippen molar-refractivity contribution in [2.45, 2.75) is 44.9 Å². The lowest BCUT2D eigenvalue weighted by atomic mass is 9.96. The highest BCUT2D eigenvalue weighted by Crippen LogP contribution is 2.27. The van der Waals surface area contributed by atoms with E-state index >= 15 is 0 Å². The van der Waals surface area contributed by atoms with Crippen LogP contribution in [0.3, 0.4) is 0 Å². The highest BCUT2D eigenvalue weighted by Gasteiger charge is 2.30. The number of rotatable bonds is 3. The standard InChI is InChI=1S/C21H22N4O3/c26-20(14-6-2-1-3-7-14)17-12-15-13-24(10-11-25(15)22-17)21(27)19-16-8-4-5-9-18(16)28-23-19/h1-3,6-7,12,20,26H,4-5,8-11,13H2/t20-/m0/s1. The van der Waals surface area contributed by atoms with Crippen LogP contribution in [0.4, 0.5) is 0 Å². The summed E-state index contributed by atoms with van der Waals surface area (Å²) in [6.07, 6.45) is 3.11. The van der Waals surface area contributed by atoms with Gasteiger partial charge in [-0.05, 0) is 30.9 Å². The number of hydrogen-bond acceptors (Lipinski definition) is 5. The first-order valence-corrected chi connectivity index (χ1v) is 9.77. The molecule has 0 fully saturated rings. The van der Waals surface area contributed by atoms with Crippen molar-refractivity contribution in [3.8, 4) is 0 Å². The highest BCUT2D eigenvalue weighted by atomic mass is 16.5. The van der Waals surface area contributed by atoms with E-state index < -0.39 is 6.10 Å². The summed E-state index contributed by atoms with van der Waals surface area (Å²) in [7, 11) is 0. The van der Waals surface area contributed by atoms with E-state index in [0.29, 0.717) is 31.0 Å². The number of aliphatic hydroxyl groups is 1. The van der Waals surface area contributed by atoms with E-state index in [1.165, 1.54) is 0 Å². The molecule has 3 heterocycles. The van der Waals surface area contributed by atoms with E-state index in [0.717, 1.165) is 48.3 Å². The topological polar surface area (TPSA) is 84.4 Å². The van der Waals surface area contributed by atoms with Crippen molar-refractivity contribution in [2.75, 3.05) is 6.54 Å². The third-order valence-corrected chi connectivity index (χ3v) is 5.65. The van der Waals surface area contributed by atoms with Gasteiger partial charge in [-0.2, -0.15) is 5.10 Å². The molecular weight excluding hydrogens is 356 g/mol. The maximum Gasteiger partial charge on any atom is 0.276 e. The fourth-order valence-electron chi connectivity index (χ4n) is 4.10. The van der Waals surface area contributed by atoms with Crippen LogP contribution in [0.25, 0.3) is 0 Å². The van der Waals surface area contributed by atoms with Crippen LogP contribution >= 0.6 is 0 Å². The SMILES string of the molecule is O=C(c1noc2c1CCCC2)N1CCn2nc([C@@H](O)c3ccccc3)cc2C1. The van der Waals surface area contributed by atoms with Crippen molar-refractivity contribution < 1.29 is 14.4 Å². The van der Waals surface area contributed by atoms with E-state index in [4.69, 9.17) is 4.52 Å². The molecule has 28 heavy (non-hydrogen) atoms. The van der Waals surface area contributed by atoms with Gasteiger partial charge in [-0.15, -0.1) is 0 Å². The predicted octanol–water partition coefficient (Wildman–Crippen LogP) is 2.49. The Kier molecular flexibility index (Phi) is 4.24. The van der Waals surface area contributed by atoms with E-state index in [1.807, 2.05) is 41.1 Å². The van der Waals surface area contributed by atoms with Gasteiger partial charge in [-0.25, -0.2) is 0 Å². The molecule has 1 N–H and O–H groups in total. The highest BCUT2D eigenvalue weighted by molar-refractivity contribution is 5.94. The summed E-state index contributed by atoms with van der Waals surface area (Å²) in [5.41, 5.74) is 3.78. The number of nitrogens with zero attached hydrogens (tertiary/aromatic N) is 4. The second-order valence-electron chi connectivity index (χ2n) is 7.46. The molecule has 1 atom stereocenters. The minimum Gasteiger partial charge on any atom is -0.382 e. The summed E-state index contributed by atoms with van der Waals surface area (Å²) >= 11 is 0. The van der Waals surface area contributed by atoms with Crippen LogP contribution in [0.5, 0.6) is 0 Å². The fraction of sp³-hybridized carbons (Fsp3) is 0.381. The van der Waals surface area contributed by atoms with Crippen molar-refractivity contribution in [1.82, 2.24) is 19.8 Å². The quantitative estimate of drug-likeness (QED) is 0.757. The lowest BCUT2D eigenvalue weighted by Gasteiger charge is -2.27. The average molecular weight is 378 g/mol. The number of hydrogen-bond donors (Lipinski definition) is 1. The lowest BCUT2D eigenvalue weighted by Crippen LogP contribution is -2.39. The normalized spacial score (nSPS) is 17.1. The predicted molar refractivity (Wildman–Crippen MR) is 101 cm³/mol. The Morgan fingerprint density at radius 3 is 2.82 bits per heavy atom. The number of benzene rings is 1. The van der Waals surface area contributed by atoms with Crippen molar-refractivity contribution >= 4 is 5.91 Å². The Hall–Kier alpha value is -2.93. The minimum absolute atomic E-state index is 0.0792. The van der Waals surface area contributed by atoms with Gasteiger partial charge in [-0.3, -0.25) is 9.48 Å². The molecule has 0 unspecified atom stereocenters. The van der Waals surface area contributed by atoms with Crippen LogP contribution in [-0.2, 0) is 25.9 Å².